The highest BCUT2D eigenvalue weighted by molar-refractivity contribution is 6.30. The molecule has 0 spiro atoms. The van der Waals surface area contributed by atoms with Gasteiger partial charge in [-0.3, -0.25) is 9.69 Å². The first kappa shape index (κ1) is 20.2. The number of likely N-dealkylation sites (tertiary alicyclic amines) is 2. The highest BCUT2D eigenvalue weighted by Gasteiger charge is 2.24. The number of piperidine rings is 1. The zero-order valence-corrected chi connectivity index (χ0v) is 17.5. The van der Waals surface area contributed by atoms with Gasteiger partial charge in [-0.15, -0.1) is 0 Å². The maximum atomic E-state index is 12.8. The molecular weight excluding hydrogens is 386 g/mol. The lowest BCUT2D eigenvalue weighted by Crippen LogP contribution is -2.37. The zero-order valence-electron chi connectivity index (χ0n) is 16.7. The fraction of sp³-hybridized carbons (Fsp3) is 0.478. The quantitative estimate of drug-likeness (QED) is 0.664. The van der Waals surface area contributed by atoms with Crippen LogP contribution in [0.2, 0.25) is 5.15 Å². The third kappa shape index (κ3) is 5.09. The summed E-state index contributed by atoms with van der Waals surface area (Å²) in [5.74, 6) is 1.24. The van der Waals surface area contributed by atoms with Crippen LogP contribution in [-0.4, -0.2) is 53.5 Å². The van der Waals surface area contributed by atoms with Crippen LogP contribution in [0.3, 0.4) is 0 Å². The van der Waals surface area contributed by atoms with Gasteiger partial charge in [-0.1, -0.05) is 29.8 Å². The van der Waals surface area contributed by atoms with Crippen LogP contribution in [0.4, 0.5) is 0 Å². The first-order valence-electron chi connectivity index (χ1n) is 10.5. The molecule has 154 valence electrons. The van der Waals surface area contributed by atoms with E-state index < -0.39 is 0 Å². The Labute approximate surface area is 177 Å². The number of pyridine rings is 1. The van der Waals surface area contributed by atoms with Gasteiger partial charge in [0.25, 0.3) is 5.91 Å². The maximum Gasteiger partial charge on any atom is 0.257 e. The van der Waals surface area contributed by atoms with E-state index in [2.05, 4.69) is 9.88 Å². The van der Waals surface area contributed by atoms with Crippen molar-refractivity contribution in [1.82, 2.24) is 14.8 Å². The van der Waals surface area contributed by atoms with E-state index in [1.807, 2.05) is 41.3 Å². The topological polar surface area (TPSA) is 45.7 Å². The maximum absolute atomic E-state index is 12.8. The van der Waals surface area contributed by atoms with Crippen LogP contribution in [0.1, 0.15) is 41.6 Å². The van der Waals surface area contributed by atoms with Crippen molar-refractivity contribution in [3.8, 4) is 5.75 Å². The number of para-hydroxylation sites is 1. The summed E-state index contributed by atoms with van der Waals surface area (Å²) >= 11 is 6.22. The minimum absolute atomic E-state index is 0.0922. The Hall–Kier alpha value is -2.11. The van der Waals surface area contributed by atoms with E-state index in [1.54, 1.807) is 6.20 Å². The predicted octanol–water partition coefficient (Wildman–Crippen LogP) is 4.26. The van der Waals surface area contributed by atoms with Gasteiger partial charge in [0.05, 0.1) is 12.2 Å². The molecule has 3 heterocycles. The molecule has 2 saturated heterocycles. The summed E-state index contributed by atoms with van der Waals surface area (Å²) in [6.07, 6.45) is 6.18. The Bertz CT molecular complexity index is 838. The molecule has 29 heavy (non-hydrogen) atoms. The lowest BCUT2D eigenvalue weighted by Gasteiger charge is -2.32. The van der Waals surface area contributed by atoms with Crippen LogP contribution in [0.25, 0.3) is 0 Å². The average Bonchev–Trinajstić information content (AvgIpc) is 3.29. The van der Waals surface area contributed by atoms with Crippen molar-refractivity contribution in [2.75, 3.05) is 32.8 Å². The molecule has 1 aromatic heterocycles. The summed E-state index contributed by atoms with van der Waals surface area (Å²) in [6, 6.07) is 11.6. The van der Waals surface area contributed by atoms with E-state index >= 15 is 0 Å². The van der Waals surface area contributed by atoms with Gasteiger partial charge in [0.1, 0.15) is 10.9 Å². The summed E-state index contributed by atoms with van der Waals surface area (Å²) in [5.41, 5.74) is 1.75. The van der Waals surface area contributed by atoms with Crippen LogP contribution >= 0.6 is 11.6 Å². The smallest absolute Gasteiger partial charge is 0.257 e. The number of ether oxygens (including phenoxy) is 1. The number of halogens is 1. The summed E-state index contributed by atoms with van der Waals surface area (Å²) in [4.78, 5) is 21.4. The molecule has 1 atom stereocenters. The number of hydrogen-bond acceptors (Lipinski definition) is 4. The first-order chi connectivity index (χ1) is 14.2. The molecule has 0 bridgehead atoms. The highest BCUT2D eigenvalue weighted by Crippen LogP contribution is 2.25. The molecule has 2 aliphatic heterocycles. The second-order valence-corrected chi connectivity index (χ2v) is 8.36. The number of rotatable bonds is 6. The highest BCUT2D eigenvalue weighted by atomic mass is 35.5. The Balaban J connectivity index is 1.35. The molecule has 6 heteroatoms. The van der Waals surface area contributed by atoms with Crippen molar-refractivity contribution in [2.24, 2.45) is 5.92 Å². The van der Waals surface area contributed by atoms with Gasteiger partial charge < -0.3 is 9.64 Å². The monoisotopic (exact) mass is 413 g/mol. The second-order valence-electron chi connectivity index (χ2n) is 8.00. The lowest BCUT2D eigenvalue weighted by atomic mass is 9.98. The number of benzene rings is 1. The standard InChI is InChI=1S/C23H28ClN3O2/c24-22-19(8-5-11-25-22)16-26-12-6-7-18(15-26)17-29-21-10-2-1-9-20(21)23(28)27-13-3-4-14-27/h1-2,5,8-11,18H,3-4,6-7,12-17H2. The molecule has 0 saturated carbocycles. The molecule has 0 aliphatic carbocycles. The molecular formula is C23H28ClN3O2. The normalized spacial score (nSPS) is 20.0. The molecule has 1 unspecified atom stereocenters. The molecule has 1 aromatic carbocycles. The van der Waals surface area contributed by atoms with E-state index in [0.717, 1.165) is 64.0 Å². The van der Waals surface area contributed by atoms with Crippen LogP contribution in [0, 0.1) is 5.92 Å². The van der Waals surface area contributed by atoms with Crippen molar-refractivity contribution in [2.45, 2.75) is 32.2 Å². The van der Waals surface area contributed by atoms with Gasteiger partial charge >= 0.3 is 0 Å². The predicted molar refractivity (Wildman–Crippen MR) is 114 cm³/mol. The molecule has 0 N–H and O–H groups in total. The Morgan fingerprint density at radius 2 is 1.93 bits per heavy atom. The fourth-order valence-corrected chi connectivity index (χ4v) is 4.46. The van der Waals surface area contributed by atoms with Crippen LogP contribution < -0.4 is 4.74 Å². The Kier molecular flexibility index (Phi) is 6.67. The summed E-state index contributed by atoms with van der Waals surface area (Å²) in [5, 5.41) is 0.584. The minimum atomic E-state index is 0.0922. The molecule has 2 aromatic rings. The number of amides is 1. The number of carbonyl (C=O) groups is 1. The van der Waals surface area contributed by atoms with E-state index in [9.17, 15) is 4.79 Å². The molecule has 2 aliphatic rings. The van der Waals surface area contributed by atoms with Gasteiger partial charge in [0.15, 0.2) is 0 Å². The number of carbonyl (C=O) groups excluding carboxylic acids is 1. The van der Waals surface area contributed by atoms with Crippen molar-refractivity contribution in [3.05, 3.63) is 58.9 Å². The van der Waals surface area contributed by atoms with Crippen molar-refractivity contribution >= 4 is 17.5 Å². The SMILES string of the molecule is O=C(c1ccccc1OCC1CCCN(Cc2cccnc2Cl)C1)N1CCCC1. The first-order valence-corrected chi connectivity index (χ1v) is 10.9. The third-order valence-electron chi connectivity index (χ3n) is 5.82. The molecule has 0 radical (unpaired) electrons. The average molecular weight is 414 g/mol. The summed E-state index contributed by atoms with van der Waals surface area (Å²) in [7, 11) is 0. The van der Waals surface area contributed by atoms with Gasteiger partial charge in [0, 0.05) is 43.9 Å². The van der Waals surface area contributed by atoms with Crippen LogP contribution in [-0.2, 0) is 6.54 Å². The summed E-state index contributed by atoms with van der Waals surface area (Å²) < 4.78 is 6.17. The van der Waals surface area contributed by atoms with Crippen molar-refractivity contribution in [1.29, 1.82) is 0 Å². The molecule has 1 amide bonds. The number of aromatic nitrogens is 1. The second kappa shape index (κ2) is 9.59. The van der Waals surface area contributed by atoms with Crippen LogP contribution in [0.5, 0.6) is 5.75 Å². The lowest BCUT2D eigenvalue weighted by molar-refractivity contribution is 0.0784. The zero-order chi connectivity index (χ0) is 20.1. The van der Waals surface area contributed by atoms with Gasteiger partial charge in [-0.2, -0.15) is 0 Å². The fourth-order valence-electron chi connectivity index (χ4n) is 4.28. The number of nitrogens with zero attached hydrogens (tertiary/aromatic N) is 3. The van der Waals surface area contributed by atoms with E-state index in [-0.39, 0.29) is 5.91 Å². The Morgan fingerprint density at radius 1 is 1.10 bits per heavy atom. The molecule has 5 nitrogen and oxygen atoms in total. The van der Waals surface area contributed by atoms with Gasteiger partial charge in [-0.25, -0.2) is 4.98 Å². The van der Waals surface area contributed by atoms with Crippen molar-refractivity contribution < 1.29 is 9.53 Å². The van der Waals surface area contributed by atoms with Gasteiger partial charge in [-0.05, 0) is 50.4 Å². The van der Waals surface area contributed by atoms with Crippen LogP contribution in [0.15, 0.2) is 42.6 Å². The largest absolute Gasteiger partial charge is 0.492 e. The van der Waals surface area contributed by atoms with E-state index in [1.165, 1.54) is 0 Å². The van der Waals surface area contributed by atoms with Crippen molar-refractivity contribution in [3.63, 3.8) is 0 Å². The number of hydrogen-bond donors (Lipinski definition) is 0. The molecule has 2 fully saturated rings. The third-order valence-corrected chi connectivity index (χ3v) is 6.16. The van der Waals surface area contributed by atoms with E-state index in [0.29, 0.717) is 29.0 Å². The Morgan fingerprint density at radius 3 is 2.76 bits per heavy atom. The van der Waals surface area contributed by atoms with Gasteiger partial charge in [0.2, 0.25) is 0 Å². The van der Waals surface area contributed by atoms with E-state index in [4.69, 9.17) is 16.3 Å². The summed E-state index contributed by atoms with van der Waals surface area (Å²) in [6.45, 7) is 5.16. The minimum Gasteiger partial charge on any atom is -0.492 e. The molecule has 4 rings (SSSR count).